The molecule has 2 amide bonds. The number of amides is 2. The van der Waals surface area contributed by atoms with E-state index in [4.69, 9.17) is 9.47 Å². The smallest absolute Gasteiger partial charge is 0.323 e. The van der Waals surface area contributed by atoms with Gasteiger partial charge in [0.15, 0.2) is 11.5 Å². The van der Waals surface area contributed by atoms with E-state index in [0.717, 1.165) is 31.7 Å². The van der Waals surface area contributed by atoms with Gasteiger partial charge in [-0.2, -0.15) is 0 Å². The largest absolute Gasteiger partial charge is 0.502 e. The number of hydrogen-bond acceptors (Lipinski definition) is 9. The second-order valence-electron chi connectivity index (χ2n) is 9.39. The van der Waals surface area contributed by atoms with Crippen molar-refractivity contribution in [2.45, 2.75) is 22.6 Å². The summed E-state index contributed by atoms with van der Waals surface area (Å²) < 4.78 is 10.7. The molecule has 1 aromatic carbocycles. The number of imide groups is 1. The summed E-state index contributed by atoms with van der Waals surface area (Å²) in [6.07, 6.45) is 0.693. The maximum Gasteiger partial charge on any atom is 0.323 e. The number of methoxy groups -OCH3 is 2. The third-order valence-corrected chi connectivity index (χ3v) is 10.6. The number of likely N-dealkylation sites (tertiary alicyclic amines) is 1. The van der Waals surface area contributed by atoms with Crippen LogP contribution >= 0.6 is 23.1 Å². The number of H-pyrrole nitrogens is 1. The molecule has 12 heteroatoms. The average molecular weight is 519 g/mol. The van der Waals surface area contributed by atoms with Crippen LogP contribution in [-0.4, -0.2) is 63.9 Å². The Hall–Kier alpha value is -2.99. The summed E-state index contributed by atoms with van der Waals surface area (Å²) in [4.78, 5) is 54.5. The summed E-state index contributed by atoms with van der Waals surface area (Å²) in [6, 6.07) is 3.46. The lowest BCUT2D eigenvalue weighted by Gasteiger charge is -2.43. The first-order valence-electron chi connectivity index (χ1n) is 11.2. The highest BCUT2D eigenvalue weighted by Crippen LogP contribution is 2.68. The third kappa shape index (κ3) is 3.02. The monoisotopic (exact) mass is 518 g/mol. The molecule has 3 N–H and O–H groups in total. The number of carbonyl (C=O) groups excluding carboxylic acids is 2. The van der Waals surface area contributed by atoms with Crippen LogP contribution in [-0.2, 0) is 14.4 Å². The van der Waals surface area contributed by atoms with Crippen LogP contribution in [0.4, 0.5) is 0 Å². The predicted molar refractivity (Wildman–Crippen MR) is 124 cm³/mol. The number of aromatic hydroxyl groups is 1. The molecule has 0 spiro atoms. The van der Waals surface area contributed by atoms with Crippen LogP contribution in [0.2, 0.25) is 0 Å². The molecule has 35 heavy (non-hydrogen) atoms. The van der Waals surface area contributed by atoms with E-state index in [1.54, 1.807) is 23.9 Å². The van der Waals surface area contributed by atoms with Gasteiger partial charge in [0.2, 0.25) is 17.6 Å². The summed E-state index contributed by atoms with van der Waals surface area (Å²) in [6.45, 7) is -0.622. The first-order valence-corrected chi connectivity index (χ1v) is 12.9. The number of aliphatic carboxylic acids is 1. The number of aromatic amines is 1. The molecule has 2 saturated carbocycles. The summed E-state index contributed by atoms with van der Waals surface area (Å²) in [7, 11) is 2.89. The number of phenolic OH excluding ortho intramolecular Hbond substituents is 1. The summed E-state index contributed by atoms with van der Waals surface area (Å²) >= 11 is 2.66. The van der Waals surface area contributed by atoms with E-state index in [2.05, 4.69) is 4.98 Å². The molecule has 6 unspecified atom stereocenters. The van der Waals surface area contributed by atoms with E-state index in [0.29, 0.717) is 6.42 Å². The standard InChI is InChI=1S/C23H22N2O8S2/c1-32-10-3-7(4-11(33-2)17(10)28)13-14-8-5-9(18(14)34-20-19(13)35-23(31)24-20)16-15(8)21(29)25(22(16)30)6-12(26)27/h3-4,8-9,13-16,18,28H,5-6H2,1-2H3,(H,24,31)(H,26,27)/t8?,9?,13-,14?,15?,16?,18?/m1/s1. The quantitative estimate of drug-likeness (QED) is 0.504. The van der Waals surface area contributed by atoms with Gasteiger partial charge < -0.3 is 24.7 Å². The van der Waals surface area contributed by atoms with Gasteiger partial charge in [-0.15, -0.1) is 11.8 Å². The van der Waals surface area contributed by atoms with Gasteiger partial charge in [0.05, 0.1) is 31.1 Å². The van der Waals surface area contributed by atoms with Crippen molar-refractivity contribution in [2.75, 3.05) is 20.8 Å². The van der Waals surface area contributed by atoms with Crippen molar-refractivity contribution in [1.29, 1.82) is 0 Å². The fraction of sp³-hybridized carbons (Fsp3) is 0.478. The first kappa shape index (κ1) is 22.5. The molecule has 184 valence electrons. The van der Waals surface area contributed by atoms with Crippen molar-refractivity contribution in [3.05, 3.63) is 32.2 Å². The highest BCUT2D eigenvalue weighted by Gasteiger charge is 2.69. The lowest BCUT2D eigenvalue weighted by molar-refractivity contribution is -0.149. The zero-order valence-electron chi connectivity index (χ0n) is 18.7. The molecule has 7 atom stereocenters. The number of benzene rings is 1. The number of hydrogen-bond donors (Lipinski definition) is 3. The van der Waals surface area contributed by atoms with Gasteiger partial charge in [-0.3, -0.25) is 24.1 Å². The Balaban J connectivity index is 1.48. The minimum atomic E-state index is -1.22. The molecule has 2 aliphatic carbocycles. The number of fused-ring (bicyclic) bond motifs is 9. The van der Waals surface area contributed by atoms with Crippen molar-refractivity contribution in [3.63, 3.8) is 0 Å². The van der Waals surface area contributed by atoms with Crippen LogP contribution in [0.15, 0.2) is 22.0 Å². The fourth-order valence-corrected chi connectivity index (χ4v) is 9.73. The third-order valence-electron chi connectivity index (χ3n) is 7.97. The van der Waals surface area contributed by atoms with E-state index in [1.807, 2.05) is 0 Å². The number of carbonyl (C=O) groups is 3. The molecule has 4 aliphatic rings. The first-order chi connectivity index (χ1) is 16.7. The number of nitrogens with one attached hydrogen (secondary N) is 1. The van der Waals surface area contributed by atoms with Crippen molar-refractivity contribution in [1.82, 2.24) is 9.88 Å². The van der Waals surface area contributed by atoms with E-state index < -0.39 is 36.2 Å². The molecular formula is C23H22N2O8S2. The molecule has 3 heterocycles. The molecule has 2 bridgehead atoms. The molecule has 2 aliphatic heterocycles. The zero-order chi connectivity index (χ0) is 24.8. The second-order valence-corrected chi connectivity index (χ2v) is 11.6. The number of carboxylic acids is 1. The minimum Gasteiger partial charge on any atom is -0.502 e. The van der Waals surface area contributed by atoms with Crippen LogP contribution in [0, 0.1) is 29.6 Å². The zero-order valence-corrected chi connectivity index (χ0v) is 20.4. The van der Waals surface area contributed by atoms with Crippen LogP contribution < -0.4 is 14.3 Å². The molecule has 1 saturated heterocycles. The Morgan fingerprint density at radius 3 is 2.34 bits per heavy atom. The topological polar surface area (TPSA) is 146 Å². The van der Waals surface area contributed by atoms with E-state index >= 15 is 0 Å². The molecular weight excluding hydrogens is 496 g/mol. The summed E-state index contributed by atoms with van der Waals surface area (Å²) in [5.74, 6) is -3.36. The Labute approximate surface area is 207 Å². The maximum absolute atomic E-state index is 13.2. The molecule has 0 radical (unpaired) electrons. The van der Waals surface area contributed by atoms with Crippen LogP contribution in [0.5, 0.6) is 17.2 Å². The Bertz CT molecular complexity index is 1310. The maximum atomic E-state index is 13.2. The highest BCUT2D eigenvalue weighted by molar-refractivity contribution is 8.00. The van der Waals surface area contributed by atoms with Crippen molar-refractivity contribution < 1.29 is 34.1 Å². The molecule has 10 nitrogen and oxygen atoms in total. The number of phenols is 1. The lowest BCUT2D eigenvalue weighted by atomic mass is 9.68. The Morgan fingerprint density at radius 2 is 1.74 bits per heavy atom. The highest BCUT2D eigenvalue weighted by atomic mass is 32.2. The lowest BCUT2D eigenvalue weighted by Crippen LogP contribution is -2.42. The SMILES string of the molecule is COc1cc([C@H]2c3sc(=O)[nH]c3SC3C4CC(C5C(=O)N(CC(=O)O)C(=O)C45)C32)cc(OC)c1O. The van der Waals surface area contributed by atoms with E-state index in [1.165, 1.54) is 14.2 Å². The second kappa shape index (κ2) is 7.76. The van der Waals surface area contributed by atoms with E-state index in [9.17, 15) is 29.4 Å². The normalized spacial score (nSPS) is 32.4. The molecule has 6 rings (SSSR count). The number of ether oxygens (including phenoxy) is 2. The van der Waals surface area contributed by atoms with Crippen LogP contribution in [0.25, 0.3) is 0 Å². The minimum absolute atomic E-state index is 0.0312. The molecule has 1 aromatic heterocycles. The number of thioether (sulfide) groups is 1. The van der Waals surface area contributed by atoms with Gasteiger partial charge in [0.1, 0.15) is 6.54 Å². The summed E-state index contributed by atoms with van der Waals surface area (Å²) in [5.41, 5.74) is 0.784. The number of nitrogens with zero attached hydrogens (tertiary/aromatic N) is 1. The Morgan fingerprint density at radius 1 is 1.11 bits per heavy atom. The molecule has 3 fully saturated rings. The Kier molecular flexibility index (Phi) is 4.98. The van der Waals surface area contributed by atoms with Gasteiger partial charge in [-0.1, -0.05) is 11.3 Å². The fourth-order valence-electron chi connectivity index (χ4n) is 6.84. The van der Waals surface area contributed by atoms with Gasteiger partial charge in [-0.05, 0) is 41.9 Å². The predicted octanol–water partition coefficient (Wildman–Crippen LogP) is 1.72. The van der Waals surface area contributed by atoms with E-state index in [-0.39, 0.29) is 51.0 Å². The van der Waals surface area contributed by atoms with Gasteiger partial charge in [0.25, 0.3) is 0 Å². The molecule has 2 aromatic rings. The van der Waals surface area contributed by atoms with Crippen molar-refractivity contribution >= 4 is 40.9 Å². The van der Waals surface area contributed by atoms with Crippen molar-refractivity contribution in [3.8, 4) is 17.2 Å². The van der Waals surface area contributed by atoms with Gasteiger partial charge in [-0.25, -0.2) is 0 Å². The average Bonchev–Trinajstić information content (AvgIpc) is 3.55. The number of rotatable bonds is 5. The van der Waals surface area contributed by atoms with Gasteiger partial charge in [0, 0.05) is 16.0 Å². The van der Waals surface area contributed by atoms with Crippen LogP contribution in [0.3, 0.4) is 0 Å². The van der Waals surface area contributed by atoms with Gasteiger partial charge >= 0.3 is 10.8 Å². The number of thiazole rings is 1. The van der Waals surface area contributed by atoms with Crippen LogP contribution in [0.1, 0.15) is 22.8 Å². The summed E-state index contributed by atoms with van der Waals surface area (Å²) in [5, 5.41) is 20.4. The van der Waals surface area contributed by atoms with Crippen molar-refractivity contribution in [2.24, 2.45) is 29.6 Å². The number of carboxylic acid groups (broad SMARTS) is 1. The number of aromatic nitrogens is 1.